The van der Waals surface area contributed by atoms with Gasteiger partial charge in [-0.2, -0.15) is 0 Å². The molecule has 0 spiro atoms. The topological polar surface area (TPSA) is 107 Å². The Kier molecular flexibility index (Phi) is 4.55. The van der Waals surface area contributed by atoms with Crippen LogP contribution in [0.3, 0.4) is 0 Å². The summed E-state index contributed by atoms with van der Waals surface area (Å²) in [5.74, 6) is 0. The van der Waals surface area contributed by atoms with Gasteiger partial charge < -0.3 is 26.2 Å². The van der Waals surface area contributed by atoms with Crippen LogP contribution >= 0.6 is 0 Å². The molecule has 5 heteroatoms. The summed E-state index contributed by atoms with van der Waals surface area (Å²) in [7, 11) is 0. The summed E-state index contributed by atoms with van der Waals surface area (Å²) in [6.45, 7) is 0.906. The molecule has 0 aromatic carbocycles. The normalized spacial score (nSPS) is 22.4. The van der Waals surface area contributed by atoms with Gasteiger partial charge in [0.05, 0.1) is 24.9 Å². The molecule has 6 N–H and O–H groups in total. The summed E-state index contributed by atoms with van der Waals surface area (Å²) < 4.78 is 0. The van der Waals surface area contributed by atoms with Crippen molar-refractivity contribution in [1.82, 2.24) is 0 Å². The fourth-order valence-electron chi connectivity index (χ4n) is 0.647. The average Bonchev–Trinajstić information content (AvgIpc) is 2.00. The third-order valence-electron chi connectivity index (χ3n) is 1.49. The maximum atomic E-state index is 9.06. The Morgan fingerprint density at radius 2 is 1.64 bits per heavy atom. The zero-order valence-electron chi connectivity index (χ0n) is 6.38. The zero-order valence-corrected chi connectivity index (χ0v) is 6.38. The largest absolute Gasteiger partial charge is 0.395 e. The minimum Gasteiger partial charge on any atom is -0.395 e. The highest BCUT2D eigenvalue weighted by atomic mass is 16.4. The van der Waals surface area contributed by atoms with Crippen LogP contribution < -0.4 is 5.73 Å². The molecule has 0 aromatic heterocycles. The van der Waals surface area contributed by atoms with Gasteiger partial charge in [0.15, 0.2) is 0 Å². The molecule has 11 heavy (non-hydrogen) atoms. The Labute approximate surface area is 65.1 Å². The van der Waals surface area contributed by atoms with E-state index in [1.54, 1.807) is 0 Å². The molecule has 0 bridgehead atoms. The third kappa shape index (κ3) is 3.13. The van der Waals surface area contributed by atoms with Gasteiger partial charge >= 0.3 is 0 Å². The quantitative estimate of drug-likeness (QED) is 0.314. The van der Waals surface area contributed by atoms with Gasteiger partial charge in [-0.1, -0.05) is 0 Å². The number of hydrogen-bond donors (Lipinski definition) is 5. The monoisotopic (exact) mass is 165 g/mol. The van der Waals surface area contributed by atoms with Crippen LogP contribution in [0.25, 0.3) is 0 Å². The zero-order chi connectivity index (χ0) is 9.02. The summed E-state index contributed by atoms with van der Waals surface area (Å²) in [6.07, 6.45) is -3.65. The van der Waals surface area contributed by atoms with Gasteiger partial charge in [0.25, 0.3) is 0 Å². The second kappa shape index (κ2) is 4.63. The summed E-state index contributed by atoms with van der Waals surface area (Å²) >= 11 is 0. The molecule has 4 atom stereocenters. The van der Waals surface area contributed by atoms with Gasteiger partial charge in [-0.05, 0) is 6.92 Å². The Morgan fingerprint density at radius 1 is 1.18 bits per heavy atom. The van der Waals surface area contributed by atoms with Crippen molar-refractivity contribution in [3.63, 3.8) is 0 Å². The molecule has 5 nitrogen and oxygen atoms in total. The van der Waals surface area contributed by atoms with Gasteiger partial charge in [0.2, 0.25) is 0 Å². The van der Waals surface area contributed by atoms with E-state index < -0.39 is 31.0 Å². The summed E-state index contributed by atoms with van der Waals surface area (Å²) in [4.78, 5) is 0. The van der Waals surface area contributed by atoms with E-state index >= 15 is 0 Å². The van der Waals surface area contributed by atoms with Crippen LogP contribution in [-0.2, 0) is 0 Å². The number of rotatable bonds is 4. The van der Waals surface area contributed by atoms with E-state index in [1.165, 1.54) is 6.92 Å². The summed E-state index contributed by atoms with van der Waals surface area (Å²) in [6, 6.07) is -0.917. The van der Waals surface area contributed by atoms with Crippen molar-refractivity contribution in [2.24, 2.45) is 5.73 Å². The maximum Gasteiger partial charge on any atom is 0.107 e. The molecule has 0 saturated heterocycles. The minimum absolute atomic E-state index is 0.426. The van der Waals surface area contributed by atoms with Crippen molar-refractivity contribution in [1.29, 1.82) is 0 Å². The molecular formula is C6H15NO4. The van der Waals surface area contributed by atoms with Crippen molar-refractivity contribution in [3.05, 3.63) is 0 Å². The number of hydrogen-bond acceptors (Lipinski definition) is 5. The molecule has 0 aromatic rings. The number of aliphatic hydroxyl groups is 4. The first-order valence-corrected chi connectivity index (χ1v) is 3.41. The van der Waals surface area contributed by atoms with E-state index in [0.29, 0.717) is 0 Å². The molecule has 0 unspecified atom stereocenters. The van der Waals surface area contributed by atoms with Crippen molar-refractivity contribution in [2.45, 2.75) is 31.3 Å². The molecule has 0 aliphatic carbocycles. The molecule has 0 heterocycles. The van der Waals surface area contributed by atoms with Crippen molar-refractivity contribution >= 4 is 0 Å². The fraction of sp³-hybridized carbons (Fsp3) is 1.00. The van der Waals surface area contributed by atoms with Crippen LogP contribution in [-0.4, -0.2) is 51.4 Å². The molecule has 0 saturated carbocycles. The average molecular weight is 165 g/mol. The van der Waals surface area contributed by atoms with Crippen molar-refractivity contribution in [3.8, 4) is 0 Å². The highest BCUT2D eigenvalue weighted by Crippen LogP contribution is 2.02. The van der Waals surface area contributed by atoms with Gasteiger partial charge in [-0.25, -0.2) is 0 Å². The first-order valence-electron chi connectivity index (χ1n) is 3.41. The van der Waals surface area contributed by atoms with Gasteiger partial charge in [0.1, 0.15) is 6.10 Å². The molecule has 0 rings (SSSR count). The minimum atomic E-state index is -1.31. The molecule has 0 aliphatic rings. The standard InChI is InChI=1S/C6H15NO4/c1-3(9)5(10)6(11)4(7)2-8/h3-6,8-11H,2,7H2,1H3/t3-,4+,5-,6-/m1/s1. The lowest BCUT2D eigenvalue weighted by atomic mass is 10.0. The van der Waals surface area contributed by atoms with E-state index in [-0.39, 0.29) is 0 Å². The second-order valence-electron chi connectivity index (χ2n) is 2.57. The predicted octanol–water partition coefficient (Wildman–Crippen LogP) is -2.59. The van der Waals surface area contributed by atoms with E-state index in [2.05, 4.69) is 0 Å². The molecule has 68 valence electrons. The van der Waals surface area contributed by atoms with E-state index in [0.717, 1.165) is 0 Å². The van der Waals surface area contributed by atoms with Crippen LogP contribution in [0.1, 0.15) is 6.92 Å². The molecule has 0 fully saturated rings. The second-order valence-corrected chi connectivity index (χ2v) is 2.57. The van der Waals surface area contributed by atoms with Crippen molar-refractivity contribution in [2.75, 3.05) is 6.61 Å². The number of aliphatic hydroxyl groups excluding tert-OH is 4. The van der Waals surface area contributed by atoms with E-state index in [4.69, 9.17) is 26.2 Å². The van der Waals surface area contributed by atoms with Crippen LogP contribution in [0.15, 0.2) is 0 Å². The first kappa shape index (κ1) is 10.8. The molecule has 0 amide bonds. The highest BCUT2D eigenvalue weighted by Gasteiger charge is 2.26. The van der Waals surface area contributed by atoms with Crippen LogP contribution in [0.5, 0.6) is 0 Å². The van der Waals surface area contributed by atoms with Crippen LogP contribution in [0, 0.1) is 0 Å². The SMILES string of the molecule is C[C@@H](O)[C@@H](O)[C@H](O)[C@@H](N)CO. The molecule has 0 aliphatic heterocycles. The lowest BCUT2D eigenvalue weighted by Crippen LogP contribution is -2.49. The van der Waals surface area contributed by atoms with Gasteiger partial charge in [-0.15, -0.1) is 0 Å². The third-order valence-corrected chi connectivity index (χ3v) is 1.49. The lowest BCUT2D eigenvalue weighted by Gasteiger charge is -2.23. The van der Waals surface area contributed by atoms with Crippen LogP contribution in [0.4, 0.5) is 0 Å². The van der Waals surface area contributed by atoms with E-state index in [1.807, 2.05) is 0 Å². The predicted molar refractivity (Wildman–Crippen MR) is 38.8 cm³/mol. The van der Waals surface area contributed by atoms with Crippen LogP contribution in [0.2, 0.25) is 0 Å². The molecular weight excluding hydrogens is 150 g/mol. The van der Waals surface area contributed by atoms with Gasteiger partial charge in [0, 0.05) is 0 Å². The number of nitrogens with two attached hydrogens (primary N) is 1. The lowest BCUT2D eigenvalue weighted by molar-refractivity contribution is -0.0661. The Morgan fingerprint density at radius 3 is 1.91 bits per heavy atom. The van der Waals surface area contributed by atoms with Gasteiger partial charge in [-0.3, -0.25) is 0 Å². The molecule has 0 radical (unpaired) electrons. The first-order chi connectivity index (χ1) is 5.00. The fourth-order valence-corrected chi connectivity index (χ4v) is 0.647. The Hall–Kier alpha value is -0.200. The summed E-state index contributed by atoms with van der Waals surface area (Å²) in [5.41, 5.74) is 5.18. The Bertz CT molecular complexity index is 109. The maximum absolute atomic E-state index is 9.06. The summed E-state index contributed by atoms with van der Waals surface area (Å²) in [5, 5.41) is 35.3. The Balaban J connectivity index is 3.90. The smallest absolute Gasteiger partial charge is 0.107 e. The van der Waals surface area contributed by atoms with Crippen molar-refractivity contribution < 1.29 is 20.4 Å². The highest BCUT2D eigenvalue weighted by molar-refractivity contribution is 4.80. The van der Waals surface area contributed by atoms with E-state index in [9.17, 15) is 0 Å².